The number of hydrogen-bond acceptors (Lipinski definition) is 3. The Morgan fingerprint density at radius 3 is 2.68 bits per heavy atom. The van der Waals surface area contributed by atoms with E-state index in [0.29, 0.717) is 23.9 Å². The summed E-state index contributed by atoms with van der Waals surface area (Å²) in [5, 5.41) is 3.53. The van der Waals surface area contributed by atoms with Crippen molar-refractivity contribution >= 4 is 11.6 Å². The Morgan fingerprint density at radius 1 is 1.32 bits per heavy atom. The molecule has 0 fully saturated rings. The van der Waals surface area contributed by atoms with Crippen molar-refractivity contribution in [2.75, 3.05) is 26.9 Å². The van der Waals surface area contributed by atoms with Gasteiger partial charge in [-0.2, -0.15) is 13.2 Å². The van der Waals surface area contributed by atoms with Gasteiger partial charge in [-0.25, -0.2) is 0 Å². The predicted octanol–water partition coefficient (Wildman–Crippen LogP) is 3.02. The van der Waals surface area contributed by atoms with Crippen molar-refractivity contribution in [3.63, 3.8) is 0 Å². The Hall–Kier alpha value is -0.980. The molecule has 1 N–H and O–H groups in total. The van der Waals surface area contributed by atoms with E-state index in [1.807, 2.05) is 0 Å². The molecule has 0 spiro atoms. The van der Waals surface area contributed by atoms with E-state index in [4.69, 9.17) is 16.3 Å². The number of methoxy groups -OCH3 is 1. The number of ether oxygens (including phenoxy) is 2. The molecule has 0 unspecified atom stereocenters. The van der Waals surface area contributed by atoms with Crippen LogP contribution in [0.3, 0.4) is 0 Å². The molecule has 0 amide bonds. The van der Waals surface area contributed by atoms with Crippen LogP contribution >= 0.6 is 11.6 Å². The number of hydrogen-bond donors (Lipinski definition) is 1. The van der Waals surface area contributed by atoms with Crippen LogP contribution in [0.15, 0.2) is 18.2 Å². The highest BCUT2D eigenvalue weighted by molar-refractivity contribution is 6.30. The first-order valence-electron chi connectivity index (χ1n) is 5.60. The maximum atomic E-state index is 11.8. The normalized spacial score (nSPS) is 11.6. The van der Waals surface area contributed by atoms with Gasteiger partial charge in [0.05, 0.1) is 13.7 Å². The monoisotopic (exact) mass is 297 g/mol. The van der Waals surface area contributed by atoms with Crippen LogP contribution in [0.25, 0.3) is 0 Å². The van der Waals surface area contributed by atoms with Gasteiger partial charge in [0.25, 0.3) is 0 Å². The van der Waals surface area contributed by atoms with E-state index >= 15 is 0 Å². The second-order valence-electron chi connectivity index (χ2n) is 3.80. The van der Waals surface area contributed by atoms with Gasteiger partial charge < -0.3 is 14.8 Å². The molecule has 108 valence electrons. The van der Waals surface area contributed by atoms with Crippen molar-refractivity contribution in [1.82, 2.24) is 5.32 Å². The minimum absolute atomic E-state index is 0.0115. The lowest BCUT2D eigenvalue weighted by molar-refractivity contribution is -0.173. The zero-order valence-corrected chi connectivity index (χ0v) is 11.1. The van der Waals surface area contributed by atoms with Crippen LogP contribution in [0, 0.1) is 0 Å². The second-order valence-corrected chi connectivity index (χ2v) is 4.24. The fraction of sp³-hybridized carbons (Fsp3) is 0.500. The molecular formula is C12H15ClF3NO2. The summed E-state index contributed by atoms with van der Waals surface area (Å²) in [7, 11) is 1.54. The van der Waals surface area contributed by atoms with E-state index < -0.39 is 12.8 Å². The summed E-state index contributed by atoms with van der Waals surface area (Å²) in [5.41, 5.74) is 0.839. The fourth-order valence-corrected chi connectivity index (χ4v) is 1.64. The van der Waals surface area contributed by atoms with Gasteiger partial charge in [0.15, 0.2) is 0 Å². The maximum absolute atomic E-state index is 11.8. The van der Waals surface area contributed by atoms with E-state index in [0.717, 1.165) is 5.56 Å². The van der Waals surface area contributed by atoms with Crippen LogP contribution < -0.4 is 10.1 Å². The standard InChI is InChI=1S/C12H15ClF3NO2/c1-18-11-3-2-10(13)6-9(11)7-17-4-5-19-8-12(14,15)16/h2-3,6,17H,4-5,7-8H2,1H3. The average molecular weight is 298 g/mol. The van der Waals surface area contributed by atoms with Gasteiger partial charge in [-0.3, -0.25) is 0 Å². The average Bonchev–Trinajstić information content (AvgIpc) is 2.32. The molecule has 0 aliphatic carbocycles. The summed E-state index contributed by atoms with van der Waals surface area (Å²) in [5.74, 6) is 0.674. The highest BCUT2D eigenvalue weighted by Gasteiger charge is 2.27. The molecule has 0 aliphatic heterocycles. The van der Waals surface area contributed by atoms with Gasteiger partial charge in [0, 0.05) is 23.7 Å². The SMILES string of the molecule is COc1ccc(Cl)cc1CNCCOCC(F)(F)F. The van der Waals surface area contributed by atoms with E-state index in [9.17, 15) is 13.2 Å². The van der Waals surface area contributed by atoms with E-state index in [2.05, 4.69) is 10.1 Å². The summed E-state index contributed by atoms with van der Waals surface area (Å²) < 4.78 is 45.0. The van der Waals surface area contributed by atoms with Crippen molar-refractivity contribution in [2.45, 2.75) is 12.7 Å². The molecular weight excluding hydrogens is 283 g/mol. The smallest absolute Gasteiger partial charge is 0.411 e. The Morgan fingerprint density at radius 2 is 2.05 bits per heavy atom. The molecule has 1 aromatic carbocycles. The fourth-order valence-electron chi connectivity index (χ4n) is 1.44. The molecule has 0 saturated carbocycles. The van der Waals surface area contributed by atoms with Crippen molar-refractivity contribution in [3.8, 4) is 5.75 Å². The Bertz CT molecular complexity index is 399. The molecule has 0 bridgehead atoms. The van der Waals surface area contributed by atoms with Gasteiger partial charge in [-0.05, 0) is 18.2 Å². The van der Waals surface area contributed by atoms with Gasteiger partial charge in [-0.15, -0.1) is 0 Å². The van der Waals surface area contributed by atoms with Crippen molar-refractivity contribution in [3.05, 3.63) is 28.8 Å². The molecule has 1 aromatic rings. The highest BCUT2D eigenvalue weighted by Crippen LogP contribution is 2.22. The Kier molecular flexibility index (Phi) is 6.41. The van der Waals surface area contributed by atoms with E-state index in [-0.39, 0.29) is 6.61 Å². The first-order valence-corrected chi connectivity index (χ1v) is 5.98. The van der Waals surface area contributed by atoms with Crippen molar-refractivity contribution in [2.24, 2.45) is 0 Å². The van der Waals surface area contributed by atoms with Gasteiger partial charge in [0.2, 0.25) is 0 Å². The summed E-state index contributed by atoms with van der Waals surface area (Å²) >= 11 is 5.85. The first kappa shape index (κ1) is 16.1. The van der Waals surface area contributed by atoms with E-state index in [1.54, 1.807) is 25.3 Å². The highest BCUT2D eigenvalue weighted by atomic mass is 35.5. The third-order valence-electron chi connectivity index (χ3n) is 2.25. The topological polar surface area (TPSA) is 30.5 Å². The van der Waals surface area contributed by atoms with Crippen LogP contribution in [-0.2, 0) is 11.3 Å². The largest absolute Gasteiger partial charge is 0.496 e. The Labute approximate surface area is 114 Å². The summed E-state index contributed by atoms with van der Waals surface area (Å²) in [6.45, 7) is -0.484. The minimum atomic E-state index is -4.28. The van der Waals surface area contributed by atoms with Gasteiger partial charge >= 0.3 is 6.18 Å². The molecule has 0 aliphatic rings. The van der Waals surface area contributed by atoms with E-state index in [1.165, 1.54) is 0 Å². The maximum Gasteiger partial charge on any atom is 0.411 e. The molecule has 3 nitrogen and oxygen atoms in total. The van der Waals surface area contributed by atoms with Crippen LogP contribution in [-0.4, -0.2) is 33.0 Å². The zero-order valence-electron chi connectivity index (χ0n) is 10.4. The molecule has 0 saturated heterocycles. The number of benzene rings is 1. The molecule has 0 aromatic heterocycles. The van der Waals surface area contributed by atoms with Crippen LogP contribution in [0.1, 0.15) is 5.56 Å². The van der Waals surface area contributed by atoms with Gasteiger partial charge in [-0.1, -0.05) is 11.6 Å². The zero-order chi connectivity index (χ0) is 14.3. The number of nitrogens with one attached hydrogen (secondary N) is 1. The van der Waals surface area contributed by atoms with Crippen LogP contribution in [0.4, 0.5) is 13.2 Å². The summed E-state index contributed by atoms with van der Waals surface area (Å²) in [4.78, 5) is 0. The second kappa shape index (κ2) is 7.57. The minimum Gasteiger partial charge on any atom is -0.496 e. The van der Waals surface area contributed by atoms with Crippen molar-refractivity contribution < 1.29 is 22.6 Å². The van der Waals surface area contributed by atoms with Crippen LogP contribution in [0.5, 0.6) is 5.75 Å². The lowest BCUT2D eigenvalue weighted by Crippen LogP contribution is -2.23. The summed E-state index contributed by atoms with van der Waals surface area (Å²) in [6, 6.07) is 5.18. The lowest BCUT2D eigenvalue weighted by Gasteiger charge is -2.11. The molecule has 1 rings (SSSR count). The Balaban J connectivity index is 2.28. The lowest BCUT2D eigenvalue weighted by atomic mass is 10.2. The van der Waals surface area contributed by atoms with Crippen molar-refractivity contribution in [1.29, 1.82) is 0 Å². The summed E-state index contributed by atoms with van der Waals surface area (Å²) in [6.07, 6.45) is -4.28. The molecule has 7 heteroatoms. The number of halogens is 4. The first-order chi connectivity index (χ1) is 8.92. The number of alkyl halides is 3. The quantitative estimate of drug-likeness (QED) is 0.785. The third kappa shape index (κ3) is 6.66. The molecule has 19 heavy (non-hydrogen) atoms. The van der Waals surface area contributed by atoms with Gasteiger partial charge in [0.1, 0.15) is 12.4 Å². The molecule has 0 heterocycles. The molecule has 0 atom stereocenters. The number of rotatable bonds is 7. The predicted molar refractivity (Wildman–Crippen MR) is 66.6 cm³/mol. The van der Waals surface area contributed by atoms with Crippen LogP contribution in [0.2, 0.25) is 5.02 Å². The molecule has 0 radical (unpaired) electrons. The third-order valence-corrected chi connectivity index (χ3v) is 2.48.